The third kappa shape index (κ3) is 4.55. The maximum atomic E-state index is 10.6. The van der Waals surface area contributed by atoms with E-state index in [-0.39, 0.29) is 13.0 Å². The van der Waals surface area contributed by atoms with E-state index in [9.17, 15) is 4.79 Å². The van der Waals surface area contributed by atoms with Crippen LogP contribution in [0.5, 0.6) is 5.88 Å². The molecule has 0 atom stereocenters. The third-order valence-corrected chi connectivity index (χ3v) is 2.59. The summed E-state index contributed by atoms with van der Waals surface area (Å²) in [5, 5.41) is 11.6. The van der Waals surface area contributed by atoms with Crippen LogP contribution in [0.3, 0.4) is 0 Å². The molecule has 2 N–H and O–H groups in total. The van der Waals surface area contributed by atoms with Gasteiger partial charge in [-0.1, -0.05) is 18.7 Å². The predicted octanol–water partition coefficient (Wildman–Crippen LogP) is 1.99. The van der Waals surface area contributed by atoms with Gasteiger partial charge in [0.25, 0.3) is 0 Å². The lowest BCUT2D eigenvalue weighted by Gasteiger charge is -2.09. The molecule has 0 saturated heterocycles. The van der Waals surface area contributed by atoms with E-state index < -0.39 is 5.97 Å². The fourth-order valence-corrected chi connectivity index (χ4v) is 1.64. The van der Waals surface area contributed by atoms with E-state index in [1.54, 1.807) is 30.5 Å². The number of nitrogens with zero attached hydrogens (tertiary/aromatic N) is 3. The number of carbonyl (C=O) groups is 1. The van der Waals surface area contributed by atoms with E-state index in [0.717, 1.165) is 0 Å². The lowest BCUT2D eigenvalue weighted by molar-refractivity contribution is -0.136. The van der Waals surface area contributed by atoms with Crippen LogP contribution in [0.2, 0.25) is 0 Å². The van der Waals surface area contributed by atoms with Gasteiger partial charge >= 0.3 is 5.97 Å². The largest absolute Gasteiger partial charge is 0.481 e. The molecule has 0 amide bonds. The summed E-state index contributed by atoms with van der Waals surface area (Å²) in [6, 6.07) is 7.03. The lowest BCUT2D eigenvalue weighted by Crippen LogP contribution is -2.10. The Labute approximate surface area is 127 Å². The Balaban J connectivity index is 2.24. The molecule has 0 aliphatic heterocycles. The van der Waals surface area contributed by atoms with Gasteiger partial charge in [-0.25, -0.2) is 4.98 Å². The zero-order chi connectivity index (χ0) is 15.8. The molecule has 2 rings (SSSR count). The standard InChI is InChI=1S/C15H16N4O3/c1-2-9-22-13-10-12(17-8-6-14(20)21)18-15(19-13)11-5-3-4-7-16-11/h2-5,7,10H,1,6,8-9H2,(H,20,21)(H,17,18,19). The summed E-state index contributed by atoms with van der Waals surface area (Å²) in [5.41, 5.74) is 0.604. The Morgan fingerprint density at radius 1 is 1.41 bits per heavy atom. The molecular formula is C15H16N4O3. The molecule has 0 unspecified atom stereocenters. The maximum Gasteiger partial charge on any atom is 0.305 e. The number of hydrogen-bond acceptors (Lipinski definition) is 6. The number of aromatic nitrogens is 3. The number of carboxylic acids is 1. The average Bonchev–Trinajstić information content (AvgIpc) is 2.53. The highest BCUT2D eigenvalue weighted by molar-refractivity contribution is 5.67. The van der Waals surface area contributed by atoms with E-state index >= 15 is 0 Å². The van der Waals surface area contributed by atoms with E-state index in [0.29, 0.717) is 29.8 Å². The Hall–Kier alpha value is -2.96. The first kappa shape index (κ1) is 15.4. The van der Waals surface area contributed by atoms with E-state index in [1.807, 2.05) is 6.07 Å². The number of anilines is 1. The van der Waals surface area contributed by atoms with Crippen LogP contribution in [-0.2, 0) is 4.79 Å². The summed E-state index contributed by atoms with van der Waals surface area (Å²) >= 11 is 0. The van der Waals surface area contributed by atoms with Crippen molar-refractivity contribution >= 4 is 11.8 Å². The molecule has 0 radical (unpaired) electrons. The summed E-state index contributed by atoms with van der Waals surface area (Å²) in [6.07, 6.45) is 3.25. The number of aliphatic carboxylic acids is 1. The first-order valence-electron chi connectivity index (χ1n) is 6.69. The average molecular weight is 300 g/mol. The SMILES string of the molecule is C=CCOc1cc(NCCC(=O)O)nc(-c2ccccn2)n1. The number of rotatable bonds is 8. The van der Waals surface area contributed by atoms with Gasteiger partial charge in [0.05, 0.1) is 6.42 Å². The molecule has 0 spiro atoms. The molecule has 0 aliphatic rings. The molecule has 0 saturated carbocycles. The normalized spacial score (nSPS) is 10.0. The number of pyridine rings is 1. The summed E-state index contributed by atoms with van der Waals surface area (Å²) in [5.74, 6) is 0.374. The monoisotopic (exact) mass is 300 g/mol. The van der Waals surface area contributed by atoms with E-state index in [1.165, 1.54) is 0 Å². The number of hydrogen-bond donors (Lipinski definition) is 2. The fourth-order valence-electron chi connectivity index (χ4n) is 1.64. The molecular weight excluding hydrogens is 284 g/mol. The highest BCUT2D eigenvalue weighted by Crippen LogP contribution is 2.19. The molecule has 0 aliphatic carbocycles. The van der Waals surface area contributed by atoms with Crippen molar-refractivity contribution in [1.29, 1.82) is 0 Å². The first-order chi connectivity index (χ1) is 10.7. The van der Waals surface area contributed by atoms with Crippen molar-refractivity contribution in [2.45, 2.75) is 6.42 Å². The summed E-state index contributed by atoms with van der Waals surface area (Å²) < 4.78 is 5.43. The minimum absolute atomic E-state index is 0.00816. The zero-order valence-electron chi connectivity index (χ0n) is 11.9. The van der Waals surface area contributed by atoms with Crippen LogP contribution < -0.4 is 10.1 Å². The number of ether oxygens (including phenoxy) is 1. The van der Waals surface area contributed by atoms with Crippen LogP contribution in [0.1, 0.15) is 6.42 Å². The van der Waals surface area contributed by atoms with Gasteiger partial charge in [-0.05, 0) is 12.1 Å². The summed E-state index contributed by atoms with van der Waals surface area (Å²) in [7, 11) is 0. The van der Waals surface area contributed by atoms with Crippen molar-refractivity contribution in [3.63, 3.8) is 0 Å². The Bertz CT molecular complexity index is 646. The van der Waals surface area contributed by atoms with Gasteiger partial charge in [0.1, 0.15) is 18.1 Å². The van der Waals surface area contributed by atoms with Crippen molar-refractivity contribution in [3.05, 3.63) is 43.1 Å². The van der Waals surface area contributed by atoms with Crippen LogP contribution >= 0.6 is 0 Å². The minimum atomic E-state index is -0.880. The van der Waals surface area contributed by atoms with Crippen molar-refractivity contribution < 1.29 is 14.6 Å². The lowest BCUT2D eigenvalue weighted by atomic mass is 10.3. The number of nitrogens with one attached hydrogen (secondary N) is 1. The second-order valence-corrected chi connectivity index (χ2v) is 4.30. The van der Waals surface area contributed by atoms with Gasteiger partial charge in [-0.15, -0.1) is 0 Å². The van der Waals surface area contributed by atoms with Crippen molar-refractivity contribution in [1.82, 2.24) is 15.0 Å². The third-order valence-electron chi connectivity index (χ3n) is 2.59. The van der Waals surface area contributed by atoms with Crippen LogP contribution in [0, 0.1) is 0 Å². The molecule has 0 aromatic carbocycles. The molecule has 7 nitrogen and oxygen atoms in total. The fraction of sp³-hybridized carbons (Fsp3) is 0.200. The van der Waals surface area contributed by atoms with E-state index in [4.69, 9.17) is 9.84 Å². The molecule has 2 heterocycles. The zero-order valence-corrected chi connectivity index (χ0v) is 11.9. The van der Waals surface area contributed by atoms with Crippen molar-refractivity contribution in [2.75, 3.05) is 18.5 Å². The predicted molar refractivity (Wildman–Crippen MR) is 81.7 cm³/mol. The van der Waals surface area contributed by atoms with Gasteiger partial charge in [-0.2, -0.15) is 4.98 Å². The second-order valence-electron chi connectivity index (χ2n) is 4.30. The molecule has 114 valence electrons. The molecule has 2 aromatic rings. The molecule has 0 fully saturated rings. The Morgan fingerprint density at radius 3 is 2.95 bits per heavy atom. The minimum Gasteiger partial charge on any atom is -0.481 e. The van der Waals surface area contributed by atoms with Gasteiger partial charge in [0, 0.05) is 18.8 Å². The highest BCUT2D eigenvalue weighted by Gasteiger charge is 2.09. The maximum absolute atomic E-state index is 10.6. The highest BCUT2D eigenvalue weighted by atomic mass is 16.5. The Kier molecular flexibility index (Phi) is 5.42. The van der Waals surface area contributed by atoms with Crippen molar-refractivity contribution in [2.24, 2.45) is 0 Å². The quantitative estimate of drug-likeness (QED) is 0.719. The van der Waals surface area contributed by atoms with Crippen LogP contribution in [-0.4, -0.2) is 39.2 Å². The first-order valence-corrected chi connectivity index (χ1v) is 6.69. The van der Waals surface area contributed by atoms with Crippen LogP contribution in [0.4, 0.5) is 5.82 Å². The van der Waals surface area contributed by atoms with Crippen LogP contribution in [0.15, 0.2) is 43.1 Å². The molecule has 0 bridgehead atoms. The topological polar surface area (TPSA) is 97.2 Å². The molecule has 7 heteroatoms. The Morgan fingerprint density at radius 2 is 2.27 bits per heavy atom. The second kappa shape index (κ2) is 7.72. The summed E-state index contributed by atoms with van der Waals surface area (Å²) in [4.78, 5) is 23.4. The molecule has 22 heavy (non-hydrogen) atoms. The molecule has 2 aromatic heterocycles. The van der Waals surface area contributed by atoms with Gasteiger partial charge < -0.3 is 15.2 Å². The smallest absolute Gasteiger partial charge is 0.305 e. The van der Waals surface area contributed by atoms with Gasteiger partial charge in [-0.3, -0.25) is 9.78 Å². The summed E-state index contributed by atoms with van der Waals surface area (Å²) in [6.45, 7) is 4.16. The van der Waals surface area contributed by atoms with Crippen LogP contribution in [0.25, 0.3) is 11.5 Å². The van der Waals surface area contributed by atoms with Gasteiger partial charge in [0.2, 0.25) is 5.88 Å². The van der Waals surface area contributed by atoms with Crippen molar-refractivity contribution in [3.8, 4) is 17.4 Å². The van der Waals surface area contributed by atoms with Gasteiger partial charge in [0.15, 0.2) is 5.82 Å². The number of carboxylic acid groups (broad SMARTS) is 1. The van der Waals surface area contributed by atoms with E-state index in [2.05, 4.69) is 26.8 Å².